The minimum Gasteiger partial charge on any atom is -0.487 e. The van der Waals surface area contributed by atoms with Gasteiger partial charge in [0.25, 0.3) is 0 Å². The molecule has 16 heteroatoms. The SMILES string of the molecule is Fc1ccc2c(CCNCc3cccc(OCC(F)(F)C(F)F)c3)c[nH]c2c1.Fc1ccc2c(CCNCc3cccc(OCC(F)(F)C(F)F)c3)c[nH]c2c1. The number of rotatable bonds is 18. The van der Waals surface area contributed by atoms with Gasteiger partial charge < -0.3 is 30.1 Å². The number of aromatic nitrogens is 2. The molecule has 0 atom stereocenters. The van der Waals surface area contributed by atoms with Crippen molar-refractivity contribution in [2.24, 2.45) is 0 Å². The summed E-state index contributed by atoms with van der Waals surface area (Å²) in [6, 6.07) is 21.9. The third-order valence-electron chi connectivity index (χ3n) is 8.56. The van der Waals surface area contributed by atoms with Gasteiger partial charge in [0.05, 0.1) is 0 Å². The summed E-state index contributed by atoms with van der Waals surface area (Å²) in [5, 5.41) is 8.36. The van der Waals surface area contributed by atoms with Gasteiger partial charge in [0.15, 0.2) is 13.2 Å². The van der Waals surface area contributed by atoms with Crippen LogP contribution in [0, 0.1) is 11.6 Å². The van der Waals surface area contributed by atoms with Crippen LogP contribution in [0.15, 0.2) is 97.3 Å². The molecule has 0 radical (unpaired) electrons. The molecule has 300 valence electrons. The van der Waals surface area contributed by atoms with Gasteiger partial charge in [0.2, 0.25) is 0 Å². The Labute approximate surface area is 315 Å². The number of hydrogen-bond donors (Lipinski definition) is 4. The molecule has 2 aromatic heterocycles. The molecule has 0 saturated carbocycles. The highest BCUT2D eigenvalue weighted by atomic mass is 19.3. The quantitative estimate of drug-likeness (QED) is 0.0517. The highest BCUT2D eigenvalue weighted by Crippen LogP contribution is 2.26. The van der Waals surface area contributed by atoms with E-state index in [1.54, 1.807) is 36.4 Å². The van der Waals surface area contributed by atoms with Crippen LogP contribution < -0.4 is 20.1 Å². The van der Waals surface area contributed by atoms with Gasteiger partial charge in [0, 0.05) is 47.3 Å². The number of fused-ring (bicyclic) bond motifs is 2. The number of H-pyrrole nitrogens is 2. The molecule has 2 heterocycles. The Balaban J connectivity index is 0.000000214. The maximum atomic E-state index is 13.2. The van der Waals surface area contributed by atoms with E-state index in [-0.39, 0.29) is 23.1 Å². The van der Waals surface area contributed by atoms with Gasteiger partial charge in [-0.25, -0.2) is 26.3 Å². The van der Waals surface area contributed by atoms with E-state index in [4.69, 9.17) is 9.47 Å². The molecular weight excluding hydrogens is 758 g/mol. The van der Waals surface area contributed by atoms with Crippen LogP contribution in [0.1, 0.15) is 22.3 Å². The summed E-state index contributed by atoms with van der Waals surface area (Å²) in [4.78, 5) is 6.06. The number of benzene rings is 4. The molecule has 6 nitrogen and oxygen atoms in total. The van der Waals surface area contributed by atoms with Crippen LogP contribution in [0.25, 0.3) is 21.8 Å². The summed E-state index contributed by atoms with van der Waals surface area (Å²) in [6.07, 6.45) is -2.44. The minimum atomic E-state index is -4.18. The molecule has 6 rings (SSSR count). The molecular formula is C40H38F10N4O2. The first-order valence-corrected chi connectivity index (χ1v) is 17.4. The van der Waals surface area contributed by atoms with Crippen molar-refractivity contribution in [3.05, 3.63) is 131 Å². The summed E-state index contributed by atoms with van der Waals surface area (Å²) in [6.45, 7) is -0.554. The van der Waals surface area contributed by atoms with Crippen LogP contribution >= 0.6 is 0 Å². The van der Waals surface area contributed by atoms with Crippen molar-refractivity contribution >= 4 is 21.8 Å². The summed E-state index contributed by atoms with van der Waals surface area (Å²) in [7, 11) is 0. The van der Waals surface area contributed by atoms with Gasteiger partial charge in [-0.05, 0) is 109 Å². The molecule has 6 aromatic rings. The van der Waals surface area contributed by atoms with Crippen molar-refractivity contribution in [3.63, 3.8) is 0 Å². The lowest BCUT2D eigenvalue weighted by atomic mass is 10.1. The smallest absolute Gasteiger partial charge is 0.340 e. The summed E-state index contributed by atoms with van der Waals surface area (Å²) in [5.74, 6) is -8.75. The summed E-state index contributed by atoms with van der Waals surface area (Å²) < 4.78 is 136. The average Bonchev–Trinajstić information content (AvgIpc) is 3.76. The van der Waals surface area contributed by atoms with Crippen molar-refractivity contribution in [1.82, 2.24) is 20.6 Å². The lowest BCUT2D eigenvalue weighted by Gasteiger charge is -2.16. The molecule has 0 aliphatic carbocycles. The minimum absolute atomic E-state index is 0.110. The molecule has 0 unspecified atom stereocenters. The van der Waals surface area contributed by atoms with Gasteiger partial charge in [-0.1, -0.05) is 24.3 Å². The van der Waals surface area contributed by atoms with E-state index in [9.17, 15) is 43.9 Å². The van der Waals surface area contributed by atoms with E-state index >= 15 is 0 Å². The Morgan fingerprint density at radius 1 is 0.554 bits per heavy atom. The Hall–Kier alpha value is -5.22. The maximum Gasteiger partial charge on any atom is 0.340 e. The molecule has 4 N–H and O–H groups in total. The summed E-state index contributed by atoms with van der Waals surface area (Å²) >= 11 is 0. The normalized spacial score (nSPS) is 12.1. The van der Waals surface area contributed by atoms with Crippen molar-refractivity contribution in [3.8, 4) is 11.5 Å². The first-order valence-electron chi connectivity index (χ1n) is 17.4. The van der Waals surface area contributed by atoms with E-state index in [0.717, 1.165) is 44.1 Å². The van der Waals surface area contributed by atoms with Crippen LogP contribution in [0.4, 0.5) is 43.9 Å². The van der Waals surface area contributed by atoms with Crippen LogP contribution in [0.2, 0.25) is 0 Å². The first kappa shape index (κ1) is 41.9. The Kier molecular flexibility index (Phi) is 14.3. The van der Waals surface area contributed by atoms with Crippen molar-refractivity contribution in [2.45, 2.75) is 50.6 Å². The number of hydrogen-bond acceptors (Lipinski definition) is 4. The molecule has 4 aromatic carbocycles. The van der Waals surface area contributed by atoms with Crippen LogP contribution in [-0.4, -0.2) is 61.0 Å². The number of alkyl halides is 8. The zero-order valence-electron chi connectivity index (χ0n) is 29.6. The molecule has 0 amide bonds. The number of nitrogens with one attached hydrogen (secondary N) is 4. The van der Waals surface area contributed by atoms with E-state index in [1.165, 1.54) is 48.5 Å². The van der Waals surface area contributed by atoms with Gasteiger partial charge in [-0.2, -0.15) is 17.6 Å². The van der Waals surface area contributed by atoms with E-state index in [2.05, 4.69) is 20.6 Å². The molecule has 0 aliphatic rings. The number of ether oxygens (including phenoxy) is 2. The van der Waals surface area contributed by atoms with E-state index in [0.29, 0.717) is 39.0 Å². The molecule has 0 bridgehead atoms. The standard InChI is InChI=1S/2C20H19F5N2O/c2*21-15-4-5-17-14(11-27-18(17)9-15)6-7-26-10-13-2-1-3-16(8-13)28-12-20(24,25)19(22)23/h2*1-5,8-9,11,19,26-27H,6-7,10,12H2. The third-order valence-corrected chi connectivity index (χ3v) is 8.56. The highest BCUT2D eigenvalue weighted by molar-refractivity contribution is 5.83. The highest BCUT2D eigenvalue weighted by Gasteiger charge is 2.42. The second-order valence-corrected chi connectivity index (χ2v) is 12.9. The fourth-order valence-corrected chi connectivity index (χ4v) is 5.62. The lowest BCUT2D eigenvalue weighted by Crippen LogP contribution is -2.33. The Morgan fingerprint density at radius 3 is 1.36 bits per heavy atom. The largest absolute Gasteiger partial charge is 0.487 e. The fraction of sp³-hybridized carbons (Fsp3) is 0.300. The number of halogens is 10. The Bertz CT molecular complexity index is 2000. The third kappa shape index (κ3) is 11.9. The molecule has 0 spiro atoms. The monoisotopic (exact) mass is 796 g/mol. The predicted molar refractivity (Wildman–Crippen MR) is 193 cm³/mol. The Morgan fingerprint density at radius 2 is 0.964 bits per heavy atom. The maximum absolute atomic E-state index is 13.2. The van der Waals surface area contributed by atoms with Crippen molar-refractivity contribution in [1.29, 1.82) is 0 Å². The second-order valence-electron chi connectivity index (χ2n) is 12.9. The zero-order valence-corrected chi connectivity index (χ0v) is 29.6. The van der Waals surface area contributed by atoms with Crippen LogP contribution in [0.3, 0.4) is 0 Å². The predicted octanol–water partition coefficient (Wildman–Crippen LogP) is 9.84. The van der Waals surface area contributed by atoms with Crippen molar-refractivity contribution in [2.75, 3.05) is 26.3 Å². The van der Waals surface area contributed by atoms with Gasteiger partial charge in [0.1, 0.15) is 23.1 Å². The van der Waals surface area contributed by atoms with E-state index in [1.807, 2.05) is 12.4 Å². The second kappa shape index (κ2) is 19.1. The molecule has 0 saturated heterocycles. The van der Waals surface area contributed by atoms with Gasteiger partial charge in [-0.15, -0.1) is 0 Å². The first-order chi connectivity index (χ1) is 26.7. The van der Waals surface area contributed by atoms with Crippen LogP contribution in [0.5, 0.6) is 11.5 Å². The van der Waals surface area contributed by atoms with Gasteiger partial charge in [-0.3, -0.25) is 0 Å². The average molecular weight is 797 g/mol. The van der Waals surface area contributed by atoms with Gasteiger partial charge >= 0.3 is 24.7 Å². The molecule has 0 fully saturated rings. The number of aromatic amines is 2. The topological polar surface area (TPSA) is 74.1 Å². The lowest BCUT2D eigenvalue weighted by molar-refractivity contribution is -0.148. The summed E-state index contributed by atoms with van der Waals surface area (Å²) in [5.41, 5.74) is 5.13. The van der Waals surface area contributed by atoms with Crippen LogP contribution in [-0.2, 0) is 25.9 Å². The zero-order chi connectivity index (χ0) is 40.3. The van der Waals surface area contributed by atoms with Crippen molar-refractivity contribution < 1.29 is 53.4 Å². The molecule has 56 heavy (non-hydrogen) atoms. The fourth-order valence-electron chi connectivity index (χ4n) is 5.62. The molecule has 0 aliphatic heterocycles. The van der Waals surface area contributed by atoms with E-state index < -0.39 is 37.9 Å².